The van der Waals surface area contributed by atoms with E-state index in [9.17, 15) is 19.8 Å². The molecule has 0 aromatic heterocycles. The molecule has 0 N–H and O–H groups in total. The van der Waals surface area contributed by atoms with Crippen LogP contribution < -0.4 is 10.2 Å². The van der Waals surface area contributed by atoms with Crippen molar-refractivity contribution in [3.63, 3.8) is 0 Å². The number of hydrogen-bond acceptors (Lipinski definition) is 5. The molecule has 82 valence electrons. The molecule has 2 heterocycles. The molecule has 0 aliphatic carbocycles. The van der Waals surface area contributed by atoms with Crippen molar-refractivity contribution in [1.82, 2.24) is 4.90 Å². The number of nitrogens with zero attached hydrogens (tertiary/aromatic N) is 1. The molecule has 0 aromatic carbocycles. The first-order valence-corrected chi connectivity index (χ1v) is 4.12. The number of rotatable bonds is 2. The van der Waals surface area contributed by atoms with Crippen LogP contribution in [0, 0.1) is 0 Å². The molecule has 1 amide bonds. The van der Waals surface area contributed by atoms with E-state index in [1.54, 1.807) is 0 Å². The van der Waals surface area contributed by atoms with Crippen LogP contribution >= 0.6 is 0 Å². The molecule has 2 rings (SSSR count). The number of β-lactam (4-membered cyclic amide) rings is 1. The molecule has 0 spiro atoms. The minimum Gasteiger partial charge on any atom is -0.851 e. The maximum atomic E-state index is 11.0. The Morgan fingerprint density at radius 3 is 2.80 bits per heavy atom. The maximum Gasteiger partial charge on any atom is 2.00 e. The summed E-state index contributed by atoms with van der Waals surface area (Å²) >= 11 is 0. The molecule has 2 aliphatic heterocycles. The second-order valence-corrected chi connectivity index (χ2v) is 3.07. The fourth-order valence-electron chi connectivity index (χ4n) is 1.64. The zero-order chi connectivity index (χ0) is 10.3. The molecule has 15 heavy (non-hydrogen) atoms. The van der Waals surface area contributed by atoms with Crippen LogP contribution in [0.3, 0.4) is 0 Å². The van der Waals surface area contributed by atoms with Gasteiger partial charge >= 0.3 is 17.1 Å². The van der Waals surface area contributed by atoms with E-state index in [0.29, 0.717) is 0 Å². The normalized spacial score (nSPS) is 30.3. The molecule has 2 saturated heterocycles. The molecule has 0 unspecified atom stereocenters. The van der Waals surface area contributed by atoms with Gasteiger partial charge in [-0.1, -0.05) is 6.08 Å². The summed E-state index contributed by atoms with van der Waals surface area (Å²) in [5.41, 5.74) is 0. The van der Waals surface area contributed by atoms with Crippen molar-refractivity contribution in [2.45, 2.75) is 18.7 Å². The van der Waals surface area contributed by atoms with Crippen LogP contribution in [0.1, 0.15) is 6.42 Å². The number of aliphatic carboxylic acids is 1. The van der Waals surface area contributed by atoms with Gasteiger partial charge in [0.15, 0.2) is 6.23 Å². The zero-order valence-electron chi connectivity index (χ0n) is 7.49. The Bertz CT molecular complexity index is 329. The van der Waals surface area contributed by atoms with Crippen LogP contribution in [0.2, 0.25) is 0 Å². The van der Waals surface area contributed by atoms with Gasteiger partial charge in [0.2, 0.25) is 5.91 Å². The van der Waals surface area contributed by atoms with E-state index in [4.69, 9.17) is 4.74 Å². The van der Waals surface area contributed by atoms with Gasteiger partial charge in [-0.3, -0.25) is 9.69 Å². The van der Waals surface area contributed by atoms with E-state index in [1.165, 1.54) is 0 Å². The predicted molar refractivity (Wildman–Crippen MR) is 38.1 cm³/mol. The van der Waals surface area contributed by atoms with E-state index in [2.05, 4.69) is 0 Å². The third-order valence-corrected chi connectivity index (χ3v) is 2.28. The topological polar surface area (TPSA) is 92.7 Å². The average Bonchev–Trinajstić information content (AvgIpc) is 2.39. The van der Waals surface area contributed by atoms with E-state index in [-0.39, 0.29) is 35.2 Å². The van der Waals surface area contributed by atoms with Crippen LogP contribution in [0.15, 0.2) is 11.8 Å². The smallest absolute Gasteiger partial charge is 0.851 e. The number of carbonyl (C=O) groups excluding carboxylic acids is 2. The molecule has 0 bridgehead atoms. The Labute approximate surface area is 96.0 Å². The molecule has 2 atom stereocenters. The Hall–Kier alpha value is -1.04. The number of carboxylic acid groups (broad SMARTS) is 1. The second-order valence-electron chi connectivity index (χ2n) is 3.07. The Balaban J connectivity index is 0.00000112. The zero-order valence-corrected chi connectivity index (χ0v) is 8.59. The van der Waals surface area contributed by atoms with Gasteiger partial charge in [0, 0.05) is 0 Å². The van der Waals surface area contributed by atoms with Crippen LogP contribution in [-0.4, -0.2) is 35.7 Å². The van der Waals surface area contributed by atoms with Crippen molar-refractivity contribution in [2.24, 2.45) is 0 Å². The Morgan fingerprint density at radius 1 is 1.67 bits per heavy atom. The van der Waals surface area contributed by atoms with E-state index < -0.39 is 24.8 Å². The predicted octanol–water partition coefficient (Wildman–Crippen LogP) is -3.06. The first-order chi connectivity index (χ1) is 6.65. The van der Waals surface area contributed by atoms with Gasteiger partial charge in [0.05, 0.1) is 12.4 Å². The Kier molecular flexibility index (Phi) is 3.38. The molecule has 7 heteroatoms. The van der Waals surface area contributed by atoms with Crippen molar-refractivity contribution in [1.29, 1.82) is 0 Å². The van der Waals surface area contributed by atoms with Crippen molar-refractivity contribution in [3.05, 3.63) is 11.8 Å². The van der Waals surface area contributed by atoms with Crippen LogP contribution in [-0.2, 0) is 31.4 Å². The summed E-state index contributed by atoms with van der Waals surface area (Å²) in [7, 11) is 0. The van der Waals surface area contributed by atoms with Gasteiger partial charge in [-0.25, -0.2) is 0 Å². The Morgan fingerprint density at radius 2 is 2.33 bits per heavy atom. The SMILES string of the molecule is O=C([O-])[C@H]1/C(=C/C[O-])O[C@@H]2CC(=O)N21.[Fe+2]. The number of ether oxygens (including phenoxy) is 1. The maximum absolute atomic E-state index is 11.0. The number of carboxylic acids is 1. The number of carbonyl (C=O) groups is 2. The molecule has 2 aliphatic rings. The summed E-state index contributed by atoms with van der Waals surface area (Å²) in [6, 6.07) is -1.21. The summed E-state index contributed by atoms with van der Waals surface area (Å²) < 4.78 is 5.09. The third kappa shape index (κ3) is 1.73. The van der Waals surface area contributed by atoms with Gasteiger partial charge < -0.3 is 19.7 Å². The second kappa shape index (κ2) is 4.22. The number of hydrogen-bond donors (Lipinski definition) is 0. The van der Waals surface area contributed by atoms with E-state index in [1.807, 2.05) is 0 Å². The fourth-order valence-corrected chi connectivity index (χ4v) is 1.64. The monoisotopic (exact) mass is 253 g/mol. The molecule has 2 fully saturated rings. The molecular weight excluding hydrogens is 246 g/mol. The van der Waals surface area contributed by atoms with Crippen LogP contribution in [0.5, 0.6) is 0 Å². The van der Waals surface area contributed by atoms with Crippen LogP contribution in [0.25, 0.3) is 0 Å². The van der Waals surface area contributed by atoms with Gasteiger partial charge in [-0.05, 0) is 0 Å². The standard InChI is InChI=1S/C8H8NO5.Fe/c10-2-1-4-7(8(12)13)9-5(11)3-6(9)14-4;/h1,6-7H,2-3H2,(H,12,13);/q-1;+2/p-1/b4-1-;/t6-,7-;/m1./s1. The molecule has 0 radical (unpaired) electrons. The van der Waals surface area contributed by atoms with E-state index in [0.717, 1.165) is 11.0 Å². The van der Waals surface area contributed by atoms with Gasteiger partial charge in [0.25, 0.3) is 0 Å². The van der Waals surface area contributed by atoms with E-state index >= 15 is 0 Å². The van der Waals surface area contributed by atoms with Crippen LogP contribution in [0.4, 0.5) is 0 Å². The van der Waals surface area contributed by atoms with Crippen molar-refractivity contribution in [3.8, 4) is 0 Å². The summed E-state index contributed by atoms with van der Waals surface area (Å²) in [5.74, 6) is -1.69. The minimum atomic E-state index is -1.42. The first kappa shape index (κ1) is 12.0. The summed E-state index contributed by atoms with van der Waals surface area (Å²) in [5, 5.41) is 21.0. The summed E-state index contributed by atoms with van der Waals surface area (Å²) in [4.78, 5) is 22.8. The van der Waals surface area contributed by atoms with Crippen molar-refractivity contribution in [2.75, 3.05) is 6.61 Å². The molecule has 6 nitrogen and oxygen atoms in total. The van der Waals surface area contributed by atoms with Gasteiger partial charge in [0.1, 0.15) is 11.8 Å². The molecule has 0 saturated carbocycles. The largest absolute Gasteiger partial charge is 2.00 e. The third-order valence-electron chi connectivity index (χ3n) is 2.28. The average molecular weight is 253 g/mol. The van der Waals surface area contributed by atoms with Gasteiger partial charge in [-0.15, -0.1) is 6.61 Å². The summed E-state index contributed by atoms with van der Waals surface area (Å²) in [6.45, 7) is -0.576. The fraction of sp³-hybridized carbons (Fsp3) is 0.500. The van der Waals surface area contributed by atoms with Crippen molar-refractivity contribution >= 4 is 11.9 Å². The first-order valence-electron chi connectivity index (χ1n) is 4.12. The number of amides is 1. The summed E-state index contributed by atoms with van der Waals surface area (Å²) in [6.07, 6.45) is 0.759. The molecular formula is C8H7FeNO5. The number of fused-ring (bicyclic) bond motifs is 1. The van der Waals surface area contributed by atoms with Crippen molar-refractivity contribution < 1.29 is 41.6 Å². The quantitative estimate of drug-likeness (QED) is 0.384. The minimum absolute atomic E-state index is 0. The van der Waals surface area contributed by atoms with Gasteiger partial charge in [-0.2, -0.15) is 0 Å². The molecule has 0 aromatic rings.